The molecule has 0 saturated carbocycles. The summed E-state index contributed by atoms with van der Waals surface area (Å²) >= 11 is 0. The van der Waals surface area contributed by atoms with Crippen molar-refractivity contribution in [3.8, 4) is 0 Å². The highest BCUT2D eigenvalue weighted by Crippen LogP contribution is 2.09. The number of nitrogens with one attached hydrogen (secondary N) is 1. The van der Waals surface area contributed by atoms with E-state index in [1.807, 2.05) is 38.2 Å². The maximum absolute atomic E-state index is 7.18. The van der Waals surface area contributed by atoms with Crippen LogP contribution in [0.25, 0.3) is 0 Å². The third-order valence-corrected chi connectivity index (χ3v) is 2.13. The minimum absolute atomic E-state index is 0.818. The highest BCUT2D eigenvalue weighted by molar-refractivity contribution is 6.04. The number of hydrogen-bond acceptors (Lipinski definition) is 2. The van der Waals surface area contributed by atoms with Gasteiger partial charge < -0.3 is 4.90 Å². The predicted octanol–water partition coefficient (Wildman–Crippen LogP) is 1.91. The predicted molar refractivity (Wildman–Crippen MR) is 60.2 cm³/mol. The lowest BCUT2D eigenvalue weighted by Crippen LogP contribution is -2.26. The summed E-state index contributed by atoms with van der Waals surface area (Å²) in [6.45, 7) is 2.04. The Kier molecular flexibility index (Phi) is 3.40. The molecule has 3 heteroatoms. The van der Waals surface area contributed by atoms with Gasteiger partial charge in [0, 0.05) is 19.7 Å². The van der Waals surface area contributed by atoms with E-state index in [-0.39, 0.29) is 0 Å². The fourth-order valence-corrected chi connectivity index (χ4v) is 1.35. The molecule has 0 unspecified atom stereocenters. The third-order valence-electron chi connectivity index (χ3n) is 2.13. The van der Waals surface area contributed by atoms with Crippen LogP contribution in [0.4, 0.5) is 0 Å². The summed E-state index contributed by atoms with van der Waals surface area (Å²) in [5.41, 5.74) is 2.24. The molecule has 1 rings (SSSR count). The van der Waals surface area contributed by atoms with Gasteiger partial charge in [-0.25, -0.2) is 0 Å². The molecule has 1 N–H and O–H groups in total. The molecule has 0 aliphatic carbocycles. The Hall–Kier alpha value is -1.64. The second-order valence-corrected chi connectivity index (χ2v) is 3.10. The third kappa shape index (κ3) is 1.99. The molecule has 0 amide bonds. The molecule has 0 atom stereocenters. The minimum atomic E-state index is 0.818. The summed E-state index contributed by atoms with van der Waals surface area (Å²) in [7, 11) is 3.56. The van der Waals surface area contributed by atoms with Crippen LogP contribution in [0.5, 0.6) is 0 Å². The Labute approximate surface area is 84.6 Å². The van der Waals surface area contributed by atoms with Crippen LogP contribution >= 0.6 is 0 Å². The van der Waals surface area contributed by atoms with Gasteiger partial charge in [0.05, 0.1) is 6.34 Å². The van der Waals surface area contributed by atoms with Gasteiger partial charge in [-0.3, -0.25) is 10.4 Å². The van der Waals surface area contributed by atoms with Crippen molar-refractivity contribution in [3.63, 3.8) is 0 Å². The first kappa shape index (κ1) is 10.4. The van der Waals surface area contributed by atoms with Crippen LogP contribution in [-0.2, 0) is 0 Å². The van der Waals surface area contributed by atoms with E-state index in [1.165, 1.54) is 11.9 Å². The van der Waals surface area contributed by atoms with Crippen LogP contribution in [0, 0.1) is 12.3 Å². The van der Waals surface area contributed by atoms with Crippen LogP contribution in [0.3, 0.4) is 0 Å². The Bertz CT molecular complexity index is 355. The quantitative estimate of drug-likeness (QED) is 0.560. The first-order valence-electron chi connectivity index (χ1n) is 4.47. The van der Waals surface area contributed by atoms with Gasteiger partial charge >= 0.3 is 0 Å². The smallest absolute Gasteiger partial charge is 0.135 e. The molecule has 1 aromatic carbocycles. The average Bonchev–Trinajstić information content (AvgIpc) is 2.21. The van der Waals surface area contributed by atoms with Crippen molar-refractivity contribution in [3.05, 3.63) is 35.4 Å². The molecule has 0 saturated heterocycles. The van der Waals surface area contributed by atoms with Gasteiger partial charge in [0.2, 0.25) is 0 Å². The minimum Gasteiger partial charge on any atom is -0.321 e. The van der Waals surface area contributed by atoms with Crippen LogP contribution in [0.2, 0.25) is 0 Å². The molecule has 3 nitrogen and oxygen atoms in total. The van der Waals surface area contributed by atoms with E-state index in [2.05, 4.69) is 4.99 Å². The Morgan fingerprint density at radius 2 is 2.07 bits per heavy atom. The van der Waals surface area contributed by atoms with E-state index in [0.717, 1.165) is 11.4 Å². The second-order valence-electron chi connectivity index (χ2n) is 3.10. The number of benzene rings is 1. The van der Waals surface area contributed by atoms with E-state index >= 15 is 0 Å². The highest BCUT2D eigenvalue weighted by Gasteiger charge is 2.08. The Morgan fingerprint density at radius 3 is 2.57 bits per heavy atom. The van der Waals surface area contributed by atoms with Gasteiger partial charge in [-0.1, -0.05) is 24.3 Å². The fraction of sp³-hybridized carbons (Fsp3) is 0.273. The largest absolute Gasteiger partial charge is 0.321 e. The zero-order valence-corrected chi connectivity index (χ0v) is 8.78. The van der Waals surface area contributed by atoms with Gasteiger partial charge in [-0.05, 0) is 12.5 Å². The van der Waals surface area contributed by atoms with Crippen LogP contribution in [0.1, 0.15) is 11.1 Å². The molecule has 1 aromatic rings. The lowest BCUT2D eigenvalue weighted by Gasteiger charge is -2.16. The fourth-order valence-electron chi connectivity index (χ4n) is 1.35. The van der Waals surface area contributed by atoms with Crippen LogP contribution < -0.4 is 0 Å². The molecule has 0 bridgehead atoms. The number of amidine groups is 1. The highest BCUT2D eigenvalue weighted by atomic mass is 15.2. The lowest BCUT2D eigenvalue weighted by atomic mass is 10.1. The molecule has 0 spiro atoms. The SMILES string of the molecule is CN=C(c1ccccc1C)N(C)C=N. The van der Waals surface area contributed by atoms with Gasteiger partial charge in [0.1, 0.15) is 5.84 Å². The van der Waals surface area contributed by atoms with Crippen molar-refractivity contribution >= 4 is 12.2 Å². The molecule has 0 aromatic heterocycles. The molecule has 14 heavy (non-hydrogen) atoms. The topological polar surface area (TPSA) is 39.5 Å². The van der Waals surface area contributed by atoms with Crippen molar-refractivity contribution in [2.75, 3.05) is 14.1 Å². The summed E-state index contributed by atoms with van der Waals surface area (Å²) in [5, 5.41) is 7.18. The molecule has 0 heterocycles. The summed E-state index contributed by atoms with van der Waals surface area (Å²) in [5.74, 6) is 0.818. The van der Waals surface area contributed by atoms with Crippen molar-refractivity contribution in [1.29, 1.82) is 5.41 Å². The van der Waals surface area contributed by atoms with Crippen molar-refractivity contribution in [2.24, 2.45) is 4.99 Å². The van der Waals surface area contributed by atoms with Crippen molar-refractivity contribution < 1.29 is 0 Å². The van der Waals surface area contributed by atoms with Gasteiger partial charge in [0.25, 0.3) is 0 Å². The van der Waals surface area contributed by atoms with Crippen molar-refractivity contribution in [2.45, 2.75) is 6.92 Å². The maximum atomic E-state index is 7.18. The zero-order valence-electron chi connectivity index (χ0n) is 8.78. The van der Waals surface area contributed by atoms with E-state index in [4.69, 9.17) is 5.41 Å². The van der Waals surface area contributed by atoms with E-state index < -0.39 is 0 Å². The Morgan fingerprint density at radius 1 is 1.43 bits per heavy atom. The Balaban J connectivity index is 3.14. The maximum Gasteiger partial charge on any atom is 0.135 e. The number of hydrogen-bond donors (Lipinski definition) is 1. The summed E-state index contributed by atoms with van der Waals surface area (Å²) in [6.07, 6.45) is 1.26. The second kappa shape index (κ2) is 4.56. The molecule has 0 fully saturated rings. The summed E-state index contributed by atoms with van der Waals surface area (Å²) < 4.78 is 0. The summed E-state index contributed by atoms with van der Waals surface area (Å²) in [4.78, 5) is 5.88. The molecular formula is C11H15N3. The molecule has 0 aliphatic rings. The van der Waals surface area contributed by atoms with Crippen LogP contribution in [-0.4, -0.2) is 31.2 Å². The number of rotatable bonds is 2. The monoisotopic (exact) mass is 189 g/mol. The summed E-state index contributed by atoms with van der Waals surface area (Å²) in [6, 6.07) is 8.03. The first-order valence-corrected chi connectivity index (χ1v) is 4.47. The lowest BCUT2D eigenvalue weighted by molar-refractivity contribution is 0.768. The normalized spacial score (nSPS) is 11.2. The first-order chi connectivity index (χ1) is 6.70. The number of aliphatic imine (C=N–C) groups is 1. The van der Waals surface area contributed by atoms with E-state index in [9.17, 15) is 0 Å². The molecule has 0 radical (unpaired) electrons. The van der Waals surface area contributed by atoms with E-state index in [1.54, 1.807) is 11.9 Å². The number of nitrogens with zero attached hydrogens (tertiary/aromatic N) is 2. The van der Waals surface area contributed by atoms with E-state index in [0.29, 0.717) is 0 Å². The van der Waals surface area contributed by atoms with Gasteiger partial charge in [-0.2, -0.15) is 0 Å². The molecular weight excluding hydrogens is 174 g/mol. The van der Waals surface area contributed by atoms with Gasteiger partial charge in [-0.15, -0.1) is 0 Å². The zero-order chi connectivity index (χ0) is 10.6. The number of aryl methyl sites for hydroxylation is 1. The van der Waals surface area contributed by atoms with Gasteiger partial charge in [0.15, 0.2) is 0 Å². The standard InChI is InChI=1S/C11H15N3/c1-9-6-4-5-7-10(9)11(13-2)14(3)8-12/h4-8,12H,1-3H3. The molecule has 74 valence electrons. The van der Waals surface area contributed by atoms with Crippen molar-refractivity contribution in [1.82, 2.24) is 4.90 Å². The van der Waals surface area contributed by atoms with Crippen LogP contribution in [0.15, 0.2) is 29.3 Å². The molecule has 0 aliphatic heterocycles. The average molecular weight is 189 g/mol.